The number of nitrogens with zero attached hydrogens (tertiary/aromatic N) is 3. The molecule has 11 rings (SSSR count). The van der Waals surface area contributed by atoms with E-state index in [0.717, 1.165) is 56.4 Å². The highest BCUT2D eigenvalue weighted by atomic mass is 32.1. The second-order valence-corrected chi connectivity index (χ2v) is 15.4. The first-order valence-electron chi connectivity index (χ1n) is 18.9. The molecule has 10 aromatic rings. The Balaban J connectivity index is 1.02. The molecule has 264 valence electrons. The molecule has 3 heterocycles. The van der Waals surface area contributed by atoms with Gasteiger partial charge in [0.2, 0.25) is 0 Å². The molecule has 1 aliphatic rings. The summed E-state index contributed by atoms with van der Waals surface area (Å²) in [5.41, 5.74) is 10.9. The molecule has 4 nitrogen and oxygen atoms in total. The number of allylic oxidation sites excluding steroid dienone is 4. The Labute approximate surface area is 327 Å². The minimum Gasteiger partial charge on any atom is -0.456 e. The summed E-state index contributed by atoms with van der Waals surface area (Å²) in [6.07, 6.45) is 7.36. The first-order valence-corrected chi connectivity index (χ1v) is 19.8. The predicted octanol–water partition coefficient (Wildman–Crippen LogP) is 13.9. The highest BCUT2D eigenvalue weighted by molar-refractivity contribution is 7.25. The van der Waals surface area contributed by atoms with Gasteiger partial charge < -0.3 is 4.42 Å². The average molecular weight is 736 g/mol. The lowest BCUT2D eigenvalue weighted by atomic mass is 9.87. The second kappa shape index (κ2) is 13.4. The third kappa shape index (κ3) is 5.55. The van der Waals surface area contributed by atoms with Gasteiger partial charge in [0.1, 0.15) is 17.0 Å². The molecule has 0 saturated heterocycles. The lowest BCUT2D eigenvalue weighted by Gasteiger charge is -2.20. The van der Waals surface area contributed by atoms with Crippen molar-refractivity contribution in [2.45, 2.75) is 12.3 Å². The van der Waals surface area contributed by atoms with Gasteiger partial charge in [-0.3, -0.25) is 0 Å². The van der Waals surface area contributed by atoms with Gasteiger partial charge in [0.05, 0.1) is 0 Å². The van der Waals surface area contributed by atoms with Crippen molar-refractivity contribution in [3.8, 4) is 45.0 Å². The standard InChI is InChI=1S/C51H33N3OS/c1-3-14-32(15-4-1)37-20-7-8-21-38(37)35-28-29-43-42(31-35)47-39(23-12-25-44(47)55-43)34-18-11-19-36(30-34)50-52-49(33-16-5-2-6-17-33)53-51(54-50)41-24-13-27-46-48(41)40-22-9-10-26-45(40)56-46/h1-29,31,36H,30H2. The Morgan fingerprint density at radius 2 is 1.16 bits per heavy atom. The van der Waals surface area contributed by atoms with Crippen molar-refractivity contribution in [2.24, 2.45) is 0 Å². The predicted molar refractivity (Wildman–Crippen MR) is 233 cm³/mol. The fourth-order valence-corrected chi connectivity index (χ4v) is 9.41. The molecular formula is C51H33N3OS. The van der Waals surface area contributed by atoms with Crippen molar-refractivity contribution < 1.29 is 4.42 Å². The lowest BCUT2D eigenvalue weighted by molar-refractivity contribution is 0.669. The van der Waals surface area contributed by atoms with Crippen molar-refractivity contribution in [2.75, 3.05) is 0 Å². The third-order valence-corrected chi connectivity index (χ3v) is 12.0. The van der Waals surface area contributed by atoms with Gasteiger partial charge in [-0.2, -0.15) is 0 Å². The van der Waals surface area contributed by atoms with Crippen LogP contribution in [0.2, 0.25) is 0 Å². The molecule has 56 heavy (non-hydrogen) atoms. The molecule has 0 aliphatic heterocycles. The molecule has 3 aromatic heterocycles. The summed E-state index contributed by atoms with van der Waals surface area (Å²) in [7, 11) is 0. The Morgan fingerprint density at radius 1 is 0.482 bits per heavy atom. The van der Waals surface area contributed by atoms with E-state index < -0.39 is 0 Å². The van der Waals surface area contributed by atoms with Gasteiger partial charge in [-0.1, -0.05) is 152 Å². The number of rotatable bonds is 6. The molecule has 0 saturated carbocycles. The number of thiophene rings is 1. The molecule has 0 fully saturated rings. The molecule has 0 bridgehead atoms. The zero-order valence-corrected chi connectivity index (χ0v) is 31.1. The first kappa shape index (κ1) is 32.5. The van der Waals surface area contributed by atoms with Crippen LogP contribution in [-0.2, 0) is 0 Å². The van der Waals surface area contributed by atoms with Gasteiger partial charge in [0.15, 0.2) is 11.6 Å². The zero-order chi connectivity index (χ0) is 37.0. The van der Waals surface area contributed by atoms with Crippen LogP contribution in [0.5, 0.6) is 0 Å². The summed E-state index contributed by atoms with van der Waals surface area (Å²) in [5, 5.41) is 4.64. The third-order valence-electron chi connectivity index (χ3n) is 10.9. The molecule has 1 atom stereocenters. The number of furan rings is 1. The topological polar surface area (TPSA) is 51.8 Å². The normalized spacial score (nSPS) is 14.2. The van der Waals surface area contributed by atoms with Crippen LogP contribution >= 0.6 is 11.3 Å². The summed E-state index contributed by atoms with van der Waals surface area (Å²) >= 11 is 1.81. The van der Waals surface area contributed by atoms with E-state index in [2.05, 4.69) is 164 Å². The monoisotopic (exact) mass is 735 g/mol. The highest BCUT2D eigenvalue weighted by Gasteiger charge is 2.24. The molecule has 0 N–H and O–H groups in total. The smallest absolute Gasteiger partial charge is 0.164 e. The van der Waals surface area contributed by atoms with Crippen molar-refractivity contribution in [1.82, 2.24) is 15.0 Å². The summed E-state index contributed by atoms with van der Waals surface area (Å²) < 4.78 is 8.99. The Kier molecular flexibility index (Phi) is 7.78. The Bertz CT molecular complexity index is 3180. The summed E-state index contributed by atoms with van der Waals surface area (Å²) in [5.74, 6) is 2.08. The van der Waals surface area contributed by atoms with Gasteiger partial charge in [-0.05, 0) is 70.1 Å². The van der Waals surface area contributed by atoms with Crippen molar-refractivity contribution >= 4 is 59.0 Å². The van der Waals surface area contributed by atoms with Crippen molar-refractivity contribution in [1.29, 1.82) is 0 Å². The van der Waals surface area contributed by atoms with Gasteiger partial charge in [-0.15, -0.1) is 11.3 Å². The molecule has 0 amide bonds. The summed E-state index contributed by atoms with van der Waals surface area (Å²) in [6, 6.07) is 57.5. The number of hydrogen-bond acceptors (Lipinski definition) is 5. The number of benzene rings is 7. The van der Waals surface area contributed by atoms with Crippen LogP contribution in [0.4, 0.5) is 0 Å². The number of fused-ring (bicyclic) bond motifs is 6. The molecule has 0 radical (unpaired) electrons. The molecule has 7 aromatic carbocycles. The molecular weight excluding hydrogens is 703 g/mol. The van der Waals surface area contributed by atoms with Crippen LogP contribution in [0.3, 0.4) is 0 Å². The van der Waals surface area contributed by atoms with E-state index in [-0.39, 0.29) is 5.92 Å². The van der Waals surface area contributed by atoms with Gasteiger partial charge in [0, 0.05) is 48.0 Å². The van der Waals surface area contributed by atoms with Crippen LogP contribution in [0.15, 0.2) is 186 Å². The van der Waals surface area contributed by atoms with E-state index in [1.807, 2.05) is 18.2 Å². The van der Waals surface area contributed by atoms with E-state index in [1.165, 1.54) is 42.4 Å². The second-order valence-electron chi connectivity index (χ2n) is 14.3. The maximum Gasteiger partial charge on any atom is 0.164 e. The molecule has 5 heteroatoms. The SMILES string of the molecule is C1=CC(c2nc(-c3ccccc3)nc(-c3cccc4sc5ccccc5c34)n2)CC(c2cccc3oc4ccc(-c5ccccc5-c5ccccc5)cc4c23)=C1. The van der Waals surface area contributed by atoms with Gasteiger partial charge in [-0.25, -0.2) is 15.0 Å². The first-order chi connectivity index (χ1) is 27.7. The van der Waals surface area contributed by atoms with Crippen LogP contribution in [0.25, 0.3) is 92.7 Å². The fourth-order valence-electron chi connectivity index (χ4n) is 8.28. The Hall–Kier alpha value is -6.95. The number of aromatic nitrogens is 3. The summed E-state index contributed by atoms with van der Waals surface area (Å²) in [6.45, 7) is 0. The molecule has 0 spiro atoms. The quantitative estimate of drug-likeness (QED) is 0.171. The highest BCUT2D eigenvalue weighted by Crippen LogP contribution is 2.43. The zero-order valence-electron chi connectivity index (χ0n) is 30.3. The van der Waals surface area contributed by atoms with Crippen LogP contribution in [-0.4, -0.2) is 15.0 Å². The Morgan fingerprint density at radius 3 is 2.02 bits per heavy atom. The lowest BCUT2D eigenvalue weighted by Crippen LogP contribution is -2.09. The van der Waals surface area contributed by atoms with Crippen molar-refractivity contribution in [3.05, 3.63) is 193 Å². The minimum atomic E-state index is -0.0561. The molecule has 1 unspecified atom stereocenters. The molecule has 1 aliphatic carbocycles. The fraction of sp³-hybridized carbons (Fsp3) is 0.0392. The van der Waals surface area contributed by atoms with Crippen LogP contribution < -0.4 is 0 Å². The average Bonchev–Trinajstić information content (AvgIpc) is 3.85. The summed E-state index contributed by atoms with van der Waals surface area (Å²) in [4.78, 5) is 15.6. The van der Waals surface area contributed by atoms with E-state index >= 15 is 0 Å². The van der Waals surface area contributed by atoms with Gasteiger partial charge >= 0.3 is 0 Å². The largest absolute Gasteiger partial charge is 0.456 e. The van der Waals surface area contributed by atoms with E-state index in [4.69, 9.17) is 19.4 Å². The van der Waals surface area contributed by atoms with Gasteiger partial charge in [0.25, 0.3) is 0 Å². The van der Waals surface area contributed by atoms with E-state index in [0.29, 0.717) is 11.6 Å². The van der Waals surface area contributed by atoms with Crippen LogP contribution in [0.1, 0.15) is 23.7 Å². The van der Waals surface area contributed by atoms with Crippen molar-refractivity contribution in [3.63, 3.8) is 0 Å². The van der Waals surface area contributed by atoms with E-state index in [1.54, 1.807) is 11.3 Å². The maximum atomic E-state index is 6.51. The number of hydrogen-bond donors (Lipinski definition) is 0. The van der Waals surface area contributed by atoms with Crippen LogP contribution in [0, 0.1) is 0 Å². The maximum absolute atomic E-state index is 6.51. The minimum absolute atomic E-state index is 0.0561. The van der Waals surface area contributed by atoms with E-state index in [9.17, 15) is 0 Å².